The molecule has 1 fully saturated rings. The number of ether oxygens (including phenoxy) is 3. The summed E-state index contributed by atoms with van der Waals surface area (Å²) in [5, 5.41) is 0. The van der Waals surface area contributed by atoms with Crippen molar-refractivity contribution in [2.24, 2.45) is 0 Å². The van der Waals surface area contributed by atoms with Gasteiger partial charge in [0.2, 0.25) is 0 Å². The third-order valence-corrected chi connectivity index (χ3v) is 6.23. The number of hydrogen-bond acceptors (Lipinski definition) is 6. The van der Waals surface area contributed by atoms with Gasteiger partial charge in [-0.1, -0.05) is 57.6 Å². The van der Waals surface area contributed by atoms with Crippen LogP contribution in [0, 0.1) is 6.92 Å². The number of benzene rings is 2. The zero-order chi connectivity index (χ0) is 21.5. The number of thioether (sulfide) groups is 1. The molecule has 0 N–H and O–H groups in total. The maximum atomic E-state index is 12.3. The molecule has 0 radical (unpaired) electrons. The lowest BCUT2D eigenvalue weighted by Crippen LogP contribution is -2.22. The number of aryl methyl sites for hydroxylation is 1. The van der Waals surface area contributed by atoms with Crippen LogP contribution < -0.4 is 9.47 Å². The summed E-state index contributed by atoms with van der Waals surface area (Å²) in [7, 11) is 1.68. The van der Waals surface area contributed by atoms with Crippen LogP contribution in [0.25, 0.3) is 6.08 Å². The van der Waals surface area contributed by atoms with E-state index in [9.17, 15) is 4.79 Å². The number of hydrogen-bond donors (Lipinski definition) is 0. The van der Waals surface area contributed by atoms with Crippen LogP contribution in [0.3, 0.4) is 0 Å². The van der Waals surface area contributed by atoms with Gasteiger partial charge < -0.3 is 14.2 Å². The lowest BCUT2D eigenvalue weighted by molar-refractivity contribution is -0.121. The van der Waals surface area contributed by atoms with E-state index in [-0.39, 0.29) is 5.91 Å². The molecular weight excluding hydrogens is 486 g/mol. The zero-order valence-corrected chi connectivity index (χ0v) is 19.9. The van der Waals surface area contributed by atoms with E-state index in [1.165, 1.54) is 22.2 Å². The van der Waals surface area contributed by atoms with E-state index in [1.807, 2.05) is 49.4 Å². The predicted molar refractivity (Wildman–Crippen MR) is 128 cm³/mol. The second kappa shape index (κ2) is 10.9. The van der Waals surface area contributed by atoms with E-state index < -0.39 is 0 Å². The van der Waals surface area contributed by atoms with Gasteiger partial charge in [0, 0.05) is 17.1 Å². The molecule has 0 atom stereocenters. The maximum absolute atomic E-state index is 12.3. The molecule has 8 heteroatoms. The van der Waals surface area contributed by atoms with Crippen molar-refractivity contribution in [2.45, 2.75) is 6.92 Å². The van der Waals surface area contributed by atoms with Crippen molar-refractivity contribution in [3.05, 3.63) is 63.0 Å². The average molecular weight is 508 g/mol. The van der Waals surface area contributed by atoms with Gasteiger partial charge >= 0.3 is 0 Å². The molecule has 0 unspecified atom stereocenters. The predicted octanol–water partition coefficient (Wildman–Crippen LogP) is 5.06. The summed E-state index contributed by atoms with van der Waals surface area (Å²) >= 11 is 9.94. The summed E-state index contributed by atoms with van der Waals surface area (Å²) in [6.07, 6.45) is 1.80. The standard InChI is InChI=1S/C22H22BrNO4S2/c1-15-3-6-18(7-4-15)27-11-9-26-10-12-28-19-8-5-17(23)13-16(19)14-20-21(25)24(2)22(29)30-20/h3-8,13-14H,9-12H2,1-2H3/b20-14-. The zero-order valence-electron chi connectivity index (χ0n) is 16.7. The van der Waals surface area contributed by atoms with Crippen molar-refractivity contribution in [2.75, 3.05) is 33.5 Å². The van der Waals surface area contributed by atoms with Gasteiger partial charge in [-0.25, -0.2) is 0 Å². The van der Waals surface area contributed by atoms with Crippen LogP contribution in [0.2, 0.25) is 0 Å². The number of carbonyl (C=O) groups excluding carboxylic acids is 1. The van der Waals surface area contributed by atoms with Crippen molar-refractivity contribution in [1.82, 2.24) is 4.90 Å². The molecule has 0 bridgehead atoms. The Hall–Kier alpha value is -1.87. The summed E-state index contributed by atoms with van der Waals surface area (Å²) in [6.45, 7) is 3.82. The Balaban J connectivity index is 1.47. The molecule has 2 aromatic carbocycles. The van der Waals surface area contributed by atoms with Crippen LogP contribution >= 0.6 is 39.9 Å². The second-order valence-corrected chi connectivity index (χ2v) is 9.14. The molecular formula is C22H22BrNO4S2. The minimum atomic E-state index is -0.104. The maximum Gasteiger partial charge on any atom is 0.265 e. The van der Waals surface area contributed by atoms with Crippen LogP contribution in [0.5, 0.6) is 11.5 Å². The molecule has 3 rings (SSSR count). The summed E-state index contributed by atoms with van der Waals surface area (Å²) in [5.41, 5.74) is 2.00. The van der Waals surface area contributed by atoms with E-state index >= 15 is 0 Å². The number of halogens is 1. The molecule has 30 heavy (non-hydrogen) atoms. The van der Waals surface area contributed by atoms with Crippen molar-refractivity contribution in [3.63, 3.8) is 0 Å². The fourth-order valence-corrected chi connectivity index (χ4v) is 4.17. The van der Waals surface area contributed by atoms with Crippen LogP contribution in [0.1, 0.15) is 11.1 Å². The summed E-state index contributed by atoms with van der Waals surface area (Å²) < 4.78 is 18.5. The molecule has 158 valence electrons. The van der Waals surface area contributed by atoms with Gasteiger partial charge in [0.1, 0.15) is 29.0 Å². The first-order chi connectivity index (χ1) is 14.4. The Bertz CT molecular complexity index is 947. The number of nitrogens with zero attached hydrogens (tertiary/aromatic N) is 1. The number of rotatable bonds is 9. The molecule has 5 nitrogen and oxygen atoms in total. The second-order valence-electron chi connectivity index (χ2n) is 6.55. The molecule has 0 spiro atoms. The van der Waals surface area contributed by atoms with E-state index in [2.05, 4.69) is 15.9 Å². The number of carbonyl (C=O) groups is 1. The minimum absolute atomic E-state index is 0.104. The number of amides is 1. The van der Waals surface area contributed by atoms with E-state index in [0.29, 0.717) is 41.4 Å². The van der Waals surface area contributed by atoms with E-state index in [4.69, 9.17) is 26.4 Å². The topological polar surface area (TPSA) is 48.0 Å². The molecule has 1 aliphatic rings. The van der Waals surface area contributed by atoms with Crippen LogP contribution in [-0.4, -0.2) is 48.6 Å². The van der Waals surface area contributed by atoms with Gasteiger partial charge in [0.05, 0.1) is 18.1 Å². The quantitative estimate of drug-likeness (QED) is 0.268. The van der Waals surface area contributed by atoms with Crippen molar-refractivity contribution in [3.8, 4) is 11.5 Å². The SMILES string of the molecule is Cc1ccc(OCCOCCOc2ccc(Br)cc2/C=C2\SC(=S)N(C)C2=O)cc1. The fraction of sp³-hybridized carbons (Fsp3) is 0.273. The first-order valence-electron chi connectivity index (χ1n) is 9.35. The fourth-order valence-electron chi connectivity index (χ4n) is 2.62. The van der Waals surface area contributed by atoms with E-state index in [0.717, 1.165) is 15.8 Å². The lowest BCUT2D eigenvalue weighted by Gasteiger charge is -2.11. The molecule has 1 amide bonds. The monoisotopic (exact) mass is 507 g/mol. The van der Waals surface area contributed by atoms with Crippen molar-refractivity contribution < 1.29 is 19.0 Å². The molecule has 1 heterocycles. The molecule has 0 aliphatic carbocycles. The first-order valence-corrected chi connectivity index (χ1v) is 11.4. The smallest absolute Gasteiger partial charge is 0.265 e. The van der Waals surface area contributed by atoms with Gasteiger partial charge in [-0.05, 0) is 43.3 Å². The third-order valence-electron chi connectivity index (χ3n) is 4.25. The average Bonchev–Trinajstić information content (AvgIpc) is 2.96. The van der Waals surface area contributed by atoms with Crippen molar-refractivity contribution >= 4 is 56.2 Å². The van der Waals surface area contributed by atoms with Crippen LogP contribution in [0.15, 0.2) is 51.8 Å². The Morgan fingerprint density at radius 1 is 1.07 bits per heavy atom. The first kappa shape index (κ1) is 22.8. The Morgan fingerprint density at radius 3 is 2.43 bits per heavy atom. The highest BCUT2D eigenvalue weighted by Crippen LogP contribution is 2.34. The van der Waals surface area contributed by atoms with E-state index in [1.54, 1.807) is 13.1 Å². The third kappa shape index (κ3) is 6.31. The summed E-state index contributed by atoms with van der Waals surface area (Å²) in [4.78, 5) is 14.3. The Morgan fingerprint density at radius 2 is 1.77 bits per heavy atom. The van der Waals surface area contributed by atoms with Crippen LogP contribution in [-0.2, 0) is 9.53 Å². The molecule has 0 saturated carbocycles. The van der Waals surface area contributed by atoms with Gasteiger partial charge in [0.25, 0.3) is 5.91 Å². The van der Waals surface area contributed by atoms with Crippen molar-refractivity contribution in [1.29, 1.82) is 0 Å². The molecule has 1 aliphatic heterocycles. The largest absolute Gasteiger partial charge is 0.491 e. The highest BCUT2D eigenvalue weighted by molar-refractivity contribution is 9.10. The molecule has 0 aromatic heterocycles. The highest BCUT2D eigenvalue weighted by Gasteiger charge is 2.28. The number of thiocarbonyl (C=S) groups is 1. The Kier molecular flexibility index (Phi) is 8.32. The van der Waals surface area contributed by atoms with Gasteiger partial charge in [-0.15, -0.1) is 0 Å². The Labute approximate surface area is 194 Å². The summed E-state index contributed by atoms with van der Waals surface area (Å²) in [6, 6.07) is 13.6. The van der Waals surface area contributed by atoms with Gasteiger partial charge in [-0.2, -0.15) is 0 Å². The lowest BCUT2D eigenvalue weighted by atomic mass is 10.2. The van der Waals surface area contributed by atoms with Gasteiger partial charge in [-0.3, -0.25) is 9.69 Å². The van der Waals surface area contributed by atoms with Gasteiger partial charge in [0.15, 0.2) is 0 Å². The highest BCUT2D eigenvalue weighted by atomic mass is 79.9. The molecule has 1 saturated heterocycles. The summed E-state index contributed by atoms with van der Waals surface area (Å²) in [5.74, 6) is 1.41. The normalized spacial score (nSPS) is 15.2. The number of likely N-dealkylation sites (N-methyl/N-ethyl adjacent to an activating group) is 1. The minimum Gasteiger partial charge on any atom is -0.491 e. The van der Waals surface area contributed by atoms with Crippen LogP contribution in [0.4, 0.5) is 0 Å². The molecule has 2 aromatic rings.